The fourth-order valence-electron chi connectivity index (χ4n) is 3.85. The summed E-state index contributed by atoms with van der Waals surface area (Å²) in [6.45, 7) is 5.49. The number of hydrogen-bond donors (Lipinski definition) is 2. The van der Waals surface area contributed by atoms with Gasteiger partial charge in [0.25, 0.3) is 0 Å². The average molecular weight is 331 g/mol. The van der Waals surface area contributed by atoms with Crippen LogP contribution < -0.4 is 5.32 Å². The first-order chi connectivity index (χ1) is 11.6. The molecule has 1 aliphatic carbocycles. The third-order valence-electron chi connectivity index (χ3n) is 5.20. The van der Waals surface area contributed by atoms with Gasteiger partial charge in [-0.3, -0.25) is 4.68 Å². The standard InChI is InChI=1S/C19H26FN3O/c1-13-18(14(2)23(22-13)10-11-24)12-21-19-5-3-4-17(19)15-6-8-16(20)9-7-15/h6-9,17,19,21,24H,3-5,10-12H2,1-2H3. The van der Waals surface area contributed by atoms with Crippen LogP contribution in [-0.2, 0) is 13.1 Å². The van der Waals surface area contributed by atoms with E-state index in [4.69, 9.17) is 5.11 Å². The lowest BCUT2D eigenvalue weighted by Crippen LogP contribution is -2.31. The highest BCUT2D eigenvalue weighted by atomic mass is 19.1. The van der Waals surface area contributed by atoms with Crippen molar-refractivity contribution in [1.82, 2.24) is 15.1 Å². The van der Waals surface area contributed by atoms with Gasteiger partial charge in [0.1, 0.15) is 5.82 Å². The van der Waals surface area contributed by atoms with E-state index in [-0.39, 0.29) is 12.4 Å². The number of halogens is 1. The van der Waals surface area contributed by atoms with Crippen molar-refractivity contribution in [1.29, 1.82) is 0 Å². The van der Waals surface area contributed by atoms with E-state index in [1.165, 1.54) is 17.5 Å². The van der Waals surface area contributed by atoms with Gasteiger partial charge in [0.05, 0.1) is 18.8 Å². The number of benzene rings is 1. The van der Waals surface area contributed by atoms with Gasteiger partial charge in [0.2, 0.25) is 0 Å². The maximum atomic E-state index is 13.2. The number of hydrogen-bond acceptors (Lipinski definition) is 3. The number of aliphatic hydroxyl groups excluding tert-OH is 1. The van der Waals surface area contributed by atoms with Gasteiger partial charge in [0, 0.05) is 23.8 Å². The smallest absolute Gasteiger partial charge is 0.123 e. The van der Waals surface area contributed by atoms with E-state index in [0.717, 1.165) is 30.8 Å². The minimum absolute atomic E-state index is 0.101. The van der Waals surface area contributed by atoms with Crippen molar-refractivity contribution in [3.63, 3.8) is 0 Å². The lowest BCUT2D eigenvalue weighted by atomic mass is 9.94. The summed E-state index contributed by atoms with van der Waals surface area (Å²) in [6, 6.07) is 7.34. The van der Waals surface area contributed by atoms with Crippen LogP contribution in [0.3, 0.4) is 0 Å². The third kappa shape index (κ3) is 3.52. The molecule has 24 heavy (non-hydrogen) atoms. The van der Waals surface area contributed by atoms with Crippen molar-refractivity contribution in [2.75, 3.05) is 6.61 Å². The highest BCUT2D eigenvalue weighted by molar-refractivity contribution is 5.26. The van der Waals surface area contributed by atoms with Crippen molar-refractivity contribution in [3.05, 3.63) is 52.6 Å². The number of nitrogens with one attached hydrogen (secondary N) is 1. The molecule has 1 aliphatic rings. The largest absolute Gasteiger partial charge is 0.394 e. The zero-order valence-corrected chi connectivity index (χ0v) is 14.4. The molecule has 0 radical (unpaired) electrons. The first-order valence-electron chi connectivity index (χ1n) is 8.72. The van der Waals surface area contributed by atoms with Crippen LogP contribution in [0.4, 0.5) is 4.39 Å². The van der Waals surface area contributed by atoms with Crippen molar-refractivity contribution in [2.24, 2.45) is 0 Å². The highest BCUT2D eigenvalue weighted by Crippen LogP contribution is 2.35. The topological polar surface area (TPSA) is 50.1 Å². The number of rotatable bonds is 6. The Bertz CT molecular complexity index is 681. The fraction of sp³-hybridized carbons (Fsp3) is 0.526. The van der Waals surface area contributed by atoms with Crippen LogP contribution in [0.1, 0.15) is 47.7 Å². The second-order valence-electron chi connectivity index (χ2n) is 6.67. The lowest BCUT2D eigenvalue weighted by Gasteiger charge is -2.22. The summed E-state index contributed by atoms with van der Waals surface area (Å²) in [5.74, 6) is 0.266. The van der Waals surface area contributed by atoms with Gasteiger partial charge in [-0.25, -0.2) is 4.39 Å². The molecule has 4 nitrogen and oxygen atoms in total. The second kappa shape index (κ2) is 7.45. The zero-order chi connectivity index (χ0) is 17.1. The summed E-state index contributed by atoms with van der Waals surface area (Å²) < 4.78 is 15.0. The first kappa shape index (κ1) is 17.1. The minimum Gasteiger partial charge on any atom is -0.394 e. The van der Waals surface area contributed by atoms with Gasteiger partial charge >= 0.3 is 0 Å². The molecule has 1 fully saturated rings. The van der Waals surface area contributed by atoms with Crippen molar-refractivity contribution < 1.29 is 9.50 Å². The van der Waals surface area contributed by atoms with Gasteiger partial charge in [0.15, 0.2) is 0 Å². The number of aromatic nitrogens is 2. The average Bonchev–Trinajstić information content (AvgIpc) is 3.13. The molecule has 0 spiro atoms. The SMILES string of the molecule is Cc1nn(CCO)c(C)c1CNC1CCCC1c1ccc(F)cc1. The molecule has 1 aromatic heterocycles. The molecule has 3 rings (SSSR count). The van der Waals surface area contributed by atoms with E-state index in [0.29, 0.717) is 18.5 Å². The van der Waals surface area contributed by atoms with Gasteiger partial charge in [-0.05, 0) is 50.3 Å². The number of aryl methyl sites for hydroxylation is 1. The summed E-state index contributed by atoms with van der Waals surface area (Å²) in [7, 11) is 0. The molecule has 0 bridgehead atoms. The van der Waals surface area contributed by atoms with Gasteiger partial charge in [-0.15, -0.1) is 0 Å². The molecule has 1 heterocycles. The van der Waals surface area contributed by atoms with E-state index in [1.54, 1.807) is 12.1 Å². The Hall–Kier alpha value is -1.72. The molecule has 2 N–H and O–H groups in total. The summed E-state index contributed by atoms with van der Waals surface area (Å²) in [5, 5.41) is 17.3. The van der Waals surface area contributed by atoms with Crippen molar-refractivity contribution >= 4 is 0 Å². The van der Waals surface area contributed by atoms with E-state index >= 15 is 0 Å². The van der Waals surface area contributed by atoms with E-state index < -0.39 is 0 Å². The number of nitrogens with zero attached hydrogens (tertiary/aromatic N) is 2. The maximum absolute atomic E-state index is 13.2. The Labute approximate surface area is 142 Å². The summed E-state index contributed by atoms with van der Waals surface area (Å²) in [4.78, 5) is 0. The van der Waals surface area contributed by atoms with E-state index in [9.17, 15) is 4.39 Å². The molecular formula is C19H26FN3O. The highest BCUT2D eigenvalue weighted by Gasteiger charge is 2.28. The Morgan fingerprint density at radius 2 is 2.00 bits per heavy atom. The molecular weight excluding hydrogens is 305 g/mol. The van der Waals surface area contributed by atoms with Gasteiger partial charge in [-0.2, -0.15) is 5.10 Å². The van der Waals surface area contributed by atoms with Crippen LogP contribution in [0.2, 0.25) is 0 Å². The summed E-state index contributed by atoms with van der Waals surface area (Å²) in [5.41, 5.74) is 4.57. The molecule has 1 saturated carbocycles. The van der Waals surface area contributed by atoms with Crippen LogP contribution in [-0.4, -0.2) is 27.5 Å². The molecule has 2 aromatic rings. The predicted octanol–water partition coefficient (Wildman–Crippen LogP) is 3.06. The van der Waals surface area contributed by atoms with Crippen LogP contribution in [0.15, 0.2) is 24.3 Å². The number of aliphatic hydroxyl groups is 1. The van der Waals surface area contributed by atoms with Crippen LogP contribution in [0.5, 0.6) is 0 Å². The van der Waals surface area contributed by atoms with Crippen molar-refractivity contribution in [2.45, 2.75) is 58.2 Å². The Kier molecular flexibility index (Phi) is 5.31. The molecule has 1 aromatic carbocycles. The molecule has 130 valence electrons. The van der Waals surface area contributed by atoms with Gasteiger partial charge < -0.3 is 10.4 Å². The lowest BCUT2D eigenvalue weighted by molar-refractivity contribution is 0.267. The van der Waals surface area contributed by atoms with E-state index in [1.807, 2.05) is 23.7 Å². The Morgan fingerprint density at radius 3 is 2.71 bits per heavy atom. The second-order valence-corrected chi connectivity index (χ2v) is 6.67. The minimum atomic E-state index is -0.177. The Balaban J connectivity index is 1.68. The quantitative estimate of drug-likeness (QED) is 0.855. The van der Waals surface area contributed by atoms with Crippen LogP contribution >= 0.6 is 0 Å². The third-order valence-corrected chi connectivity index (χ3v) is 5.20. The first-order valence-corrected chi connectivity index (χ1v) is 8.72. The maximum Gasteiger partial charge on any atom is 0.123 e. The molecule has 2 atom stereocenters. The monoisotopic (exact) mass is 331 g/mol. The predicted molar refractivity (Wildman–Crippen MR) is 92.4 cm³/mol. The van der Waals surface area contributed by atoms with Crippen molar-refractivity contribution in [3.8, 4) is 0 Å². The normalized spacial score (nSPS) is 20.7. The zero-order valence-electron chi connectivity index (χ0n) is 14.4. The molecule has 0 aliphatic heterocycles. The van der Waals surface area contributed by atoms with Gasteiger partial charge in [-0.1, -0.05) is 18.6 Å². The summed E-state index contributed by atoms with van der Waals surface area (Å²) >= 11 is 0. The van der Waals surface area contributed by atoms with Crippen LogP contribution in [0, 0.1) is 19.7 Å². The molecule has 0 amide bonds. The van der Waals surface area contributed by atoms with Crippen LogP contribution in [0.25, 0.3) is 0 Å². The Morgan fingerprint density at radius 1 is 1.25 bits per heavy atom. The molecule has 0 saturated heterocycles. The fourth-order valence-corrected chi connectivity index (χ4v) is 3.85. The van der Waals surface area contributed by atoms with E-state index in [2.05, 4.69) is 17.3 Å². The molecule has 5 heteroatoms. The molecule has 2 unspecified atom stereocenters. The summed E-state index contributed by atoms with van der Waals surface area (Å²) in [6.07, 6.45) is 3.48.